The second kappa shape index (κ2) is 12.6. The number of nitrogens with zero attached hydrogens (tertiary/aromatic N) is 1. The van der Waals surface area contributed by atoms with E-state index in [4.69, 9.17) is 5.21 Å². The molecule has 0 radical (unpaired) electrons. The average molecular weight is 471 g/mol. The van der Waals surface area contributed by atoms with Crippen LogP contribution in [0.5, 0.6) is 0 Å². The maximum Gasteiger partial charge on any atom is 0.244 e. The van der Waals surface area contributed by atoms with Crippen LogP contribution in [-0.2, 0) is 27.3 Å². The third-order valence-corrected chi connectivity index (χ3v) is 6.49. The number of benzene rings is 1. The van der Waals surface area contributed by atoms with Crippen molar-refractivity contribution in [1.29, 1.82) is 0 Å². The van der Waals surface area contributed by atoms with Gasteiger partial charge in [0, 0.05) is 48.9 Å². The minimum Gasteiger partial charge on any atom is -0.354 e. The summed E-state index contributed by atoms with van der Waals surface area (Å²) < 4.78 is 2.25. The van der Waals surface area contributed by atoms with Crippen LogP contribution in [-0.4, -0.2) is 40.1 Å². The van der Waals surface area contributed by atoms with Crippen LogP contribution >= 0.6 is 0 Å². The molecule has 1 aromatic heterocycles. The topological polar surface area (TPSA) is 112 Å². The Morgan fingerprint density at radius 2 is 1.88 bits per heavy atom. The lowest BCUT2D eigenvalue weighted by atomic mass is 9.92. The van der Waals surface area contributed by atoms with Crippen LogP contribution in [0.1, 0.15) is 64.4 Å². The number of carbonyl (C=O) groups is 3. The third kappa shape index (κ3) is 7.06. The first-order valence-electron chi connectivity index (χ1n) is 12.5. The second-order valence-corrected chi connectivity index (χ2v) is 9.75. The molecule has 8 nitrogen and oxygen atoms in total. The van der Waals surface area contributed by atoms with Gasteiger partial charge in [0.05, 0.1) is 0 Å². The fourth-order valence-electron chi connectivity index (χ4n) is 4.78. The monoisotopic (exact) mass is 470 g/mol. The molecule has 0 saturated carbocycles. The minimum absolute atomic E-state index is 0.131. The van der Waals surface area contributed by atoms with Gasteiger partial charge in [0.15, 0.2) is 0 Å². The molecule has 3 amide bonds. The van der Waals surface area contributed by atoms with Crippen LogP contribution in [0, 0.1) is 11.8 Å². The van der Waals surface area contributed by atoms with Crippen LogP contribution in [0.3, 0.4) is 0 Å². The first kappa shape index (κ1) is 25.7. The molecule has 2 aromatic rings. The molecule has 8 heteroatoms. The number of para-hydroxylation sites is 1. The van der Waals surface area contributed by atoms with Crippen LogP contribution in [0.4, 0.5) is 0 Å². The van der Waals surface area contributed by atoms with Crippen molar-refractivity contribution in [3.8, 4) is 0 Å². The quantitative estimate of drug-likeness (QED) is 0.383. The van der Waals surface area contributed by atoms with E-state index < -0.39 is 17.9 Å². The molecular weight excluding hydrogens is 432 g/mol. The van der Waals surface area contributed by atoms with E-state index in [1.165, 1.54) is 0 Å². The highest BCUT2D eigenvalue weighted by Crippen LogP contribution is 2.24. The van der Waals surface area contributed by atoms with E-state index in [0.717, 1.165) is 55.1 Å². The van der Waals surface area contributed by atoms with E-state index in [-0.39, 0.29) is 24.2 Å². The first-order valence-corrected chi connectivity index (χ1v) is 12.5. The number of hydrogen-bond acceptors (Lipinski definition) is 4. The highest BCUT2D eigenvalue weighted by molar-refractivity contribution is 5.91. The smallest absolute Gasteiger partial charge is 0.244 e. The number of aryl methyl sites for hydroxylation is 1. The number of carbonyl (C=O) groups excluding carboxylic acids is 3. The van der Waals surface area contributed by atoms with Crippen LogP contribution in [0.2, 0.25) is 0 Å². The van der Waals surface area contributed by atoms with Crippen molar-refractivity contribution in [2.75, 3.05) is 6.54 Å². The van der Waals surface area contributed by atoms with E-state index in [1.54, 1.807) is 5.48 Å². The molecule has 0 aliphatic carbocycles. The van der Waals surface area contributed by atoms with Crippen molar-refractivity contribution < 1.29 is 19.6 Å². The predicted octanol–water partition coefficient (Wildman–Crippen LogP) is 3.31. The molecule has 1 aliphatic heterocycles. The lowest BCUT2D eigenvalue weighted by Gasteiger charge is -2.23. The maximum atomic E-state index is 13.2. The van der Waals surface area contributed by atoms with Crippen molar-refractivity contribution >= 4 is 28.6 Å². The van der Waals surface area contributed by atoms with Gasteiger partial charge in [-0.15, -0.1) is 0 Å². The number of hydroxylamine groups is 1. The first-order chi connectivity index (χ1) is 16.4. The average Bonchev–Trinajstić information content (AvgIpc) is 3.16. The molecule has 186 valence electrons. The number of amides is 3. The standard InChI is InChI=1S/C26H38N4O4/c1-18(2)14-19(16-24(31)29-34)25(32)28-22-15-20-17-30(23-11-7-6-10-21(20)23)13-9-5-3-4-8-12-27-26(22)33/h6-7,10-11,17-19,22,34H,3-5,8-9,12-16H2,1-2H3,(H,27,33)(H,28,32)(H,29,31). The zero-order chi connectivity index (χ0) is 24.5. The summed E-state index contributed by atoms with van der Waals surface area (Å²) in [4.78, 5) is 38.1. The summed E-state index contributed by atoms with van der Waals surface area (Å²) in [6.45, 7) is 5.45. The molecule has 3 rings (SSSR count). The summed E-state index contributed by atoms with van der Waals surface area (Å²) in [5.41, 5.74) is 3.76. The SMILES string of the molecule is CC(C)CC(CC(=O)NO)C(=O)NC1Cc2cn(c3ccccc23)CCCCCCCNC1=O. The van der Waals surface area contributed by atoms with Gasteiger partial charge in [0.25, 0.3) is 0 Å². The van der Waals surface area contributed by atoms with Crippen molar-refractivity contribution in [2.24, 2.45) is 11.8 Å². The van der Waals surface area contributed by atoms with Crippen molar-refractivity contribution in [3.05, 3.63) is 36.0 Å². The number of hydrogen-bond donors (Lipinski definition) is 4. The van der Waals surface area contributed by atoms with E-state index in [1.807, 2.05) is 26.0 Å². The lowest BCUT2D eigenvalue weighted by molar-refractivity contribution is -0.136. The van der Waals surface area contributed by atoms with Gasteiger partial charge in [-0.1, -0.05) is 51.3 Å². The van der Waals surface area contributed by atoms with Gasteiger partial charge in [-0.05, 0) is 36.8 Å². The Morgan fingerprint density at radius 1 is 1.15 bits per heavy atom. The molecule has 0 fully saturated rings. The van der Waals surface area contributed by atoms with E-state index in [0.29, 0.717) is 19.4 Å². The number of fused-ring (bicyclic) bond motifs is 5. The highest BCUT2D eigenvalue weighted by atomic mass is 16.5. The molecule has 1 aromatic carbocycles. The molecule has 4 N–H and O–H groups in total. The Bertz CT molecular complexity index is 984. The zero-order valence-corrected chi connectivity index (χ0v) is 20.3. The van der Waals surface area contributed by atoms with Crippen LogP contribution in [0.25, 0.3) is 10.9 Å². The molecule has 2 unspecified atom stereocenters. The normalized spacial score (nSPS) is 18.7. The Morgan fingerprint density at radius 3 is 2.65 bits per heavy atom. The van der Waals surface area contributed by atoms with Crippen molar-refractivity contribution in [1.82, 2.24) is 20.7 Å². The third-order valence-electron chi connectivity index (χ3n) is 6.49. The Hall–Kier alpha value is -2.87. The summed E-state index contributed by atoms with van der Waals surface area (Å²) in [5, 5.41) is 15.9. The summed E-state index contributed by atoms with van der Waals surface area (Å²) >= 11 is 0. The number of aromatic nitrogens is 1. The van der Waals surface area contributed by atoms with Crippen molar-refractivity contribution in [3.63, 3.8) is 0 Å². The Balaban J connectivity index is 1.88. The maximum absolute atomic E-state index is 13.2. The molecule has 2 bridgehead atoms. The molecule has 34 heavy (non-hydrogen) atoms. The predicted molar refractivity (Wildman–Crippen MR) is 131 cm³/mol. The van der Waals surface area contributed by atoms with Gasteiger partial charge >= 0.3 is 0 Å². The fourth-order valence-corrected chi connectivity index (χ4v) is 4.78. The summed E-state index contributed by atoms with van der Waals surface area (Å²) in [6, 6.07) is 7.41. The van der Waals surface area contributed by atoms with Crippen LogP contribution < -0.4 is 16.1 Å². The summed E-state index contributed by atoms with van der Waals surface area (Å²) in [5.74, 6) is -1.62. The molecule has 0 spiro atoms. The molecule has 1 aliphatic rings. The van der Waals surface area contributed by atoms with E-state index >= 15 is 0 Å². The minimum atomic E-state index is -0.749. The summed E-state index contributed by atoms with van der Waals surface area (Å²) in [7, 11) is 0. The number of rotatable bonds is 6. The van der Waals surface area contributed by atoms with Crippen LogP contribution in [0.15, 0.2) is 30.5 Å². The molecule has 0 saturated heterocycles. The second-order valence-electron chi connectivity index (χ2n) is 9.75. The van der Waals surface area contributed by atoms with Gasteiger partial charge in [-0.25, -0.2) is 5.48 Å². The van der Waals surface area contributed by atoms with Gasteiger partial charge < -0.3 is 15.2 Å². The van der Waals surface area contributed by atoms with Gasteiger partial charge in [-0.2, -0.15) is 0 Å². The molecule has 2 heterocycles. The number of nitrogens with one attached hydrogen (secondary N) is 3. The lowest BCUT2D eigenvalue weighted by Crippen LogP contribution is -2.50. The summed E-state index contributed by atoms with van der Waals surface area (Å²) in [6.07, 6.45) is 8.18. The van der Waals surface area contributed by atoms with Gasteiger partial charge in [-0.3, -0.25) is 19.6 Å². The Labute approximate surface area is 201 Å². The van der Waals surface area contributed by atoms with E-state index in [2.05, 4.69) is 33.5 Å². The van der Waals surface area contributed by atoms with Gasteiger partial charge in [0.1, 0.15) is 6.04 Å². The largest absolute Gasteiger partial charge is 0.354 e. The van der Waals surface area contributed by atoms with E-state index in [9.17, 15) is 14.4 Å². The molecular formula is C26H38N4O4. The zero-order valence-electron chi connectivity index (χ0n) is 20.3. The molecule has 2 atom stereocenters. The fraction of sp³-hybridized carbons (Fsp3) is 0.577. The Kier molecular flexibility index (Phi) is 9.51. The van der Waals surface area contributed by atoms with Gasteiger partial charge in [0.2, 0.25) is 17.7 Å². The van der Waals surface area contributed by atoms with Crippen molar-refractivity contribution in [2.45, 2.75) is 77.8 Å². The highest BCUT2D eigenvalue weighted by Gasteiger charge is 2.29.